The molecule has 1 saturated heterocycles. The Hall–Kier alpha value is 0.200. The van der Waals surface area contributed by atoms with Gasteiger partial charge in [-0.3, -0.25) is 4.79 Å². The second-order valence-corrected chi connectivity index (χ2v) is 5.17. The molecule has 1 aliphatic carbocycles. The molecule has 2 bridgehead atoms. The van der Waals surface area contributed by atoms with Crippen molar-refractivity contribution in [2.75, 3.05) is 0 Å². The van der Waals surface area contributed by atoms with Crippen LogP contribution in [0.15, 0.2) is 0 Å². The first kappa shape index (κ1) is 7.83. The average Bonchev–Trinajstić information content (AvgIpc) is 1.97. The Kier molecular flexibility index (Phi) is 2.08. The quantitative estimate of drug-likeness (QED) is 0.521. The van der Waals surface area contributed by atoms with Gasteiger partial charge in [-0.25, -0.2) is 0 Å². The van der Waals surface area contributed by atoms with Gasteiger partial charge in [0.15, 0.2) is 0 Å². The van der Waals surface area contributed by atoms with Crippen molar-refractivity contribution in [2.45, 2.75) is 35.6 Å². The zero-order chi connectivity index (χ0) is 7.84. The summed E-state index contributed by atoms with van der Waals surface area (Å²) in [5.74, 6) is 0.965. The van der Waals surface area contributed by atoms with Gasteiger partial charge in [-0.2, -0.15) is 0 Å². The molecule has 0 spiro atoms. The molecule has 2 fully saturated rings. The summed E-state index contributed by atoms with van der Waals surface area (Å²) < 4.78 is 0.674. The van der Waals surface area contributed by atoms with Gasteiger partial charge in [-0.15, -0.1) is 0 Å². The van der Waals surface area contributed by atoms with Gasteiger partial charge in [0.25, 0.3) is 0 Å². The number of hydrogen-bond acceptors (Lipinski definition) is 1. The third-order valence-electron chi connectivity index (χ3n) is 2.70. The van der Waals surface area contributed by atoms with E-state index in [1.165, 1.54) is 19.3 Å². The van der Waals surface area contributed by atoms with E-state index in [0.29, 0.717) is 15.9 Å². The highest BCUT2D eigenvalue weighted by atomic mass is 127. The molecule has 3 atom stereocenters. The van der Waals surface area contributed by atoms with Gasteiger partial charge >= 0.3 is 0 Å². The van der Waals surface area contributed by atoms with Gasteiger partial charge in [0.2, 0.25) is 5.91 Å². The van der Waals surface area contributed by atoms with Crippen LogP contribution in [0.3, 0.4) is 0 Å². The monoisotopic (exact) mass is 265 g/mol. The molecule has 3 unspecified atom stereocenters. The number of carbonyl (C=O) groups excluding carboxylic acids is 1. The Bertz CT molecular complexity index is 183. The molecule has 0 aromatic carbocycles. The molecule has 2 nitrogen and oxygen atoms in total. The van der Waals surface area contributed by atoms with E-state index in [1.807, 2.05) is 0 Å². The lowest BCUT2D eigenvalue weighted by Crippen LogP contribution is -2.49. The molecular weight excluding hydrogens is 253 g/mol. The van der Waals surface area contributed by atoms with Crippen LogP contribution in [0, 0.1) is 5.92 Å². The van der Waals surface area contributed by atoms with E-state index < -0.39 is 0 Å². The van der Waals surface area contributed by atoms with Crippen LogP contribution in [-0.4, -0.2) is 15.9 Å². The first-order valence-electron chi connectivity index (χ1n) is 4.19. The maximum absolute atomic E-state index is 11.1. The van der Waals surface area contributed by atoms with Gasteiger partial charge in [0.1, 0.15) is 0 Å². The minimum atomic E-state index is 0.271. The van der Waals surface area contributed by atoms with Gasteiger partial charge in [-0.05, 0) is 25.2 Å². The summed E-state index contributed by atoms with van der Waals surface area (Å²) in [5.41, 5.74) is 0. The van der Waals surface area contributed by atoms with E-state index in [1.54, 1.807) is 0 Å². The number of rotatable bonds is 0. The molecule has 1 heterocycles. The van der Waals surface area contributed by atoms with Crippen LogP contribution in [0.5, 0.6) is 0 Å². The summed E-state index contributed by atoms with van der Waals surface area (Å²) in [7, 11) is 0. The molecule has 1 N–H and O–H groups in total. The highest BCUT2D eigenvalue weighted by molar-refractivity contribution is 14.1. The number of alkyl halides is 1. The second kappa shape index (κ2) is 2.92. The number of carbonyl (C=O) groups is 1. The summed E-state index contributed by atoms with van der Waals surface area (Å²) in [6.07, 6.45) is 4.55. The number of halogens is 1. The van der Waals surface area contributed by atoms with Gasteiger partial charge in [0, 0.05) is 16.4 Å². The topological polar surface area (TPSA) is 29.1 Å². The first-order valence-corrected chi connectivity index (χ1v) is 5.43. The van der Waals surface area contributed by atoms with E-state index in [-0.39, 0.29) is 5.91 Å². The molecule has 2 rings (SSSR count). The van der Waals surface area contributed by atoms with Crippen molar-refractivity contribution in [3.8, 4) is 0 Å². The minimum absolute atomic E-state index is 0.271. The molecule has 3 heteroatoms. The van der Waals surface area contributed by atoms with Crippen LogP contribution in [0.4, 0.5) is 0 Å². The first-order chi connectivity index (χ1) is 5.25. The number of hydrogen-bond donors (Lipinski definition) is 1. The number of nitrogens with one attached hydrogen (secondary N) is 1. The Morgan fingerprint density at radius 1 is 1.45 bits per heavy atom. The van der Waals surface area contributed by atoms with Crippen molar-refractivity contribution in [2.24, 2.45) is 5.92 Å². The van der Waals surface area contributed by atoms with Crippen molar-refractivity contribution < 1.29 is 4.79 Å². The molecule has 62 valence electrons. The zero-order valence-corrected chi connectivity index (χ0v) is 8.50. The van der Waals surface area contributed by atoms with Crippen LogP contribution in [0.25, 0.3) is 0 Å². The molecule has 0 aromatic heterocycles. The van der Waals surface area contributed by atoms with Crippen LogP contribution in [0.2, 0.25) is 0 Å². The molecule has 0 aromatic rings. The van der Waals surface area contributed by atoms with E-state index in [9.17, 15) is 4.79 Å². The number of amides is 1. The third-order valence-corrected chi connectivity index (χ3v) is 4.19. The summed E-state index contributed by atoms with van der Waals surface area (Å²) in [4.78, 5) is 11.1. The smallest absolute Gasteiger partial charge is 0.220 e. The fourth-order valence-electron chi connectivity index (χ4n) is 2.08. The predicted octanol–water partition coefficient (Wildman–Crippen LogP) is 1.48. The molecule has 1 saturated carbocycles. The molecule has 1 aliphatic heterocycles. The Morgan fingerprint density at radius 2 is 2.27 bits per heavy atom. The van der Waals surface area contributed by atoms with E-state index in [2.05, 4.69) is 27.9 Å². The Balaban J connectivity index is 2.08. The third kappa shape index (κ3) is 1.53. The van der Waals surface area contributed by atoms with Crippen molar-refractivity contribution in [1.82, 2.24) is 5.32 Å². The zero-order valence-electron chi connectivity index (χ0n) is 6.35. The maximum Gasteiger partial charge on any atom is 0.220 e. The predicted molar refractivity (Wildman–Crippen MR) is 51.7 cm³/mol. The standard InChI is InChI=1S/C8H12INO/c9-6-2-1-5-3-7(6)10-8(11)4-5/h5-7H,1-4H2,(H,10,11). The lowest BCUT2D eigenvalue weighted by Gasteiger charge is -2.37. The van der Waals surface area contributed by atoms with E-state index in [4.69, 9.17) is 0 Å². The van der Waals surface area contributed by atoms with Gasteiger partial charge < -0.3 is 5.32 Å². The van der Waals surface area contributed by atoms with E-state index in [0.717, 1.165) is 6.42 Å². The largest absolute Gasteiger partial charge is 0.352 e. The Labute approximate surface area is 80.3 Å². The summed E-state index contributed by atoms with van der Waals surface area (Å²) in [5, 5.41) is 3.05. The number of piperidine rings is 1. The molecule has 1 amide bonds. The van der Waals surface area contributed by atoms with Crippen LogP contribution in [0.1, 0.15) is 25.7 Å². The van der Waals surface area contributed by atoms with Crippen LogP contribution >= 0.6 is 22.6 Å². The van der Waals surface area contributed by atoms with Crippen molar-refractivity contribution in [1.29, 1.82) is 0 Å². The fourth-order valence-corrected chi connectivity index (χ4v) is 2.92. The van der Waals surface area contributed by atoms with Gasteiger partial charge in [-0.1, -0.05) is 22.6 Å². The average molecular weight is 265 g/mol. The summed E-state index contributed by atoms with van der Waals surface area (Å²) in [6.45, 7) is 0. The molecular formula is C8H12INO. The summed E-state index contributed by atoms with van der Waals surface area (Å²) >= 11 is 2.46. The molecule has 2 aliphatic rings. The highest BCUT2D eigenvalue weighted by Gasteiger charge is 2.34. The lowest BCUT2D eigenvalue weighted by molar-refractivity contribution is -0.125. The molecule has 0 radical (unpaired) electrons. The molecule has 11 heavy (non-hydrogen) atoms. The normalized spacial score (nSPS) is 43.4. The Morgan fingerprint density at radius 3 is 3.09 bits per heavy atom. The highest BCUT2D eigenvalue weighted by Crippen LogP contribution is 2.34. The van der Waals surface area contributed by atoms with Gasteiger partial charge in [0.05, 0.1) is 0 Å². The van der Waals surface area contributed by atoms with Crippen molar-refractivity contribution in [3.05, 3.63) is 0 Å². The minimum Gasteiger partial charge on any atom is -0.352 e. The SMILES string of the molecule is O=C1CC2CCC(I)C(C2)N1. The maximum atomic E-state index is 11.1. The fraction of sp³-hybridized carbons (Fsp3) is 0.875. The van der Waals surface area contributed by atoms with E-state index >= 15 is 0 Å². The second-order valence-electron chi connectivity index (χ2n) is 3.57. The van der Waals surface area contributed by atoms with Crippen LogP contribution in [-0.2, 0) is 4.79 Å². The van der Waals surface area contributed by atoms with Crippen LogP contribution < -0.4 is 5.32 Å². The number of fused-ring (bicyclic) bond motifs is 2. The summed E-state index contributed by atoms with van der Waals surface area (Å²) in [6, 6.07) is 0.482. The lowest BCUT2D eigenvalue weighted by atomic mass is 9.81. The van der Waals surface area contributed by atoms with Crippen molar-refractivity contribution in [3.63, 3.8) is 0 Å². The van der Waals surface area contributed by atoms with Crippen molar-refractivity contribution >= 4 is 28.5 Å².